The summed E-state index contributed by atoms with van der Waals surface area (Å²) in [7, 11) is 0. The van der Waals surface area contributed by atoms with Gasteiger partial charge in [-0.1, -0.05) is 13.8 Å². The van der Waals surface area contributed by atoms with Gasteiger partial charge in [-0.15, -0.1) is 0 Å². The molecule has 1 saturated heterocycles. The van der Waals surface area contributed by atoms with Gasteiger partial charge >= 0.3 is 0 Å². The van der Waals surface area contributed by atoms with Gasteiger partial charge in [0.05, 0.1) is 13.2 Å². The quantitative estimate of drug-likeness (QED) is 0.713. The number of amides is 1. The molecule has 5 heteroatoms. The van der Waals surface area contributed by atoms with Gasteiger partial charge < -0.3 is 10.5 Å². The van der Waals surface area contributed by atoms with Crippen LogP contribution in [0, 0.1) is 5.41 Å². The highest BCUT2D eigenvalue weighted by molar-refractivity contribution is 5.75. The van der Waals surface area contributed by atoms with E-state index >= 15 is 0 Å². The number of morpholine rings is 1. The van der Waals surface area contributed by atoms with Gasteiger partial charge in [0.25, 0.3) is 0 Å². The van der Waals surface area contributed by atoms with Gasteiger partial charge in [0, 0.05) is 19.5 Å². The summed E-state index contributed by atoms with van der Waals surface area (Å²) < 4.78 is 5.22. The fraction of sp³-hybridized carbons (Fsp3) is 0.917. The molecule has 0 atom stereocenters. The Balaban J connectivity index is 2.20. The summed E-state index contributed by atoms with van der Waals surface area (Å²) in [5.74, 6) is 0.0944. The van der Waals surface area contributed by atoms with Crippen molar-refractivity contribution in [3.8, 4) is 0 Å². The Morgan fingerprint density at radius 1 is 1.35 bits per heavy atom. The smallest absolute Gasteiger partial charge is 0.234 e. The molecule has 0 aromatic heterocycles. The molecule has 1 aliphatic rings. The van der Waals surface area contributed by atoms with Crippen LogP contribution < -0.4 is 11.2 Å². The van der Waals surface area contributed by atoms with Crippen molar-refractivity contribution in [1.29, 1.82) is 0 Å². The van der Waals surface area contributed by atoms with E-state index in [-0.39, 0.29) is 11.3 Å². The Hall–Kier alpha value is -0.650. The second kappa shape index (κ2) is 6.93. The first-order valence-electron chi connectivity index (χ1n) is 6.36. The predicted octanol–water partition coefficient (Wildman–Crippen LogP) is 0.505. The molecule has 0 aliphatic carbocycles. The molecule has 0 spiro atoms. The van der Waals surface area contributed by atoms with Crippen molar-refractivity contribution < 1.29 is 9.53 Å². The molecule has 3 N–H and O–H groups in total. The molecule has 0 radical (unpaired) electrons. The minimum absolute atomic E-state index is 0.0944. The van der Waals surface area contributed by atoms with Gasteiger partial charge in [-0.3, -0.25) is 10.2 Å². The van der Waals surface area contributed by atoms with E-state index < -0.39 is 0 Å². The van der Waals surface area contributed by atoms with Crippen molar-refractivity contribution in [2.24, 2.45) is 11.1 Å². The Kier molecular flexibility index (Phi) is 5.88. The summed E-state index contributed by atoms with van der Waals surface area (Å²) in [6.45, 7) is 7.93. The van der Waals surface area contributed by atoms with Crippen LogP contribution >= 0.6 is 0 Å². The number of hydrazine groups is 1. The molecule has 0 bridgehead atoms. The predicted molar refractivity (Wildman–Crippen MR) is 67.2 cm³/mol. The number of carbonyl (C=O) groups excluding carboxylic acids is 1. The molecule has 1 amide bonds. The number of hydrogen-bond acceptors (Lipinski definition) is 4. The molecule has 17 heavy (non-hydrogen) atoms. The Labute approximate surface area is 104 Å². The maximum atomic E-state index is 11.7. The molecule has 1 aliphatic heterocycles. The summed E-state index contributed by atoms with van der Waals surface area (Å²) in [6.07, 6.45) is 2.39. The lowest BCUT2D eigenvalue weighted by Gasteiger charge is -2.28. The third-order valence-electron chi connectivity index (χ3n) is 3.14. The molecule has 100 valence electrons. The zero-order valence-corrected chi connectivity index (χ0v) is 11.0. The van der Waals surface area contributed by atoms with Crippen molar-refractivity contribution in [3.05, 3.63) is 0 Å². The van der Waals surface area contributed by atoms with Crippen molar-refractivity contribution in [2.45, 2.75) is 33.1 Å². The average molecular weight is 243 g/mol. The summed E-state index contributed by atoms with van der Waals surface area (Å²) in [5, 5.41) is 1.93. The highest BCUT2D eigenvalue weighted by atomic mass is 16.5. The van der Waals surface area contributed by atoms with Gasteiger partial charge in [0.15, 0.2) is 0 Å². The number of nitrogens with zero attached hydrogens (tertiary/aromatic N) is 1. The molecule has 1 heterocycles. The van der Waals surface area contributed by atoms with Gasteiger partial charge in [-0.05, 0) is 24.8 Å². The number of ether oxygens (including phenoxy) is 1. The fourth-order valence-corrected chi connectivity index (χ4v) is 1.88. The maximum Gasteiger partial charge on any atom is 0.234 e. The average Bonchev–Trinajstić information content (AvgIpc) is 2.28. The normalized spacial score (nSPS) is 18.1. The van der Waals surface area contributed by atoms with Crippen LogP contribution in [0.5, 0.6) is 0 Å². The summed E-state index contributed by atoms with van der Waals surface area (Å²) in [6, 6.07) is 0. The van der Waals surface area contributed by atoms with E-state index in [0.717, 1.165) is 25.9 Å². The van der Waals surface area contributed by atoms with Crippen LogP contribution in [0.3, 0.4) is 0 Å². The lowest BCUT2D eigenvalue weighted by Crippen LogP contribution is -2.48. The van der Waals surface area contributed by atoms with E-state index in [1.807, 2.05) is 5.01 Å². The first-order chi connectivity index (χ1) is 8.03. The van der Waals surface area contributed by atoms with Gasteiger partial charge in [-0.25, -0.2) is 5.01 Å². The molecule has 0 saturated carbocycles. The minimum atomic E-state index is 0.0944. The van der Waals surface area contributed by atoms with Gasteiger partial charge in [0.1, 0.15) is 0 Å². The minimum Gasteiger partial charge on any atom is -0.379 e. The first kappa shape index (κ1) is 14.4. The Morgan fingerprint density at radius 2 is 2.00 bits per heavy atom. The van der Waals surface area contributed by atoms with Crippen LogP contribution in [-0.2, 0) is 9.53 Å². The van der Waals surface area contributed by atoms with E-state index in [4.69, 9.17) is 10.5 Å². The van der Waals surface area contributed by atoms with Crippen molar-refractivity contribution in [3.63, 3.8) is 0 Å². The molecule has 1 rings (SSSR count). The number of nitrogens with one attached hydrogen (secondary N) is 1. The topological polar surface area (TPSA) is 67.6 Å². The summed E-state index contributed by atoms with van der Waals surface area (Å²) in [5.41, 5.74) is 8.61. The summed E-state index contributed by atoms with van der Waals surface area (Å²) in [4.78, 5) is 11.7. The van der Waals surface area contributed by atoms with E-state index in [2.05, 4.69) is 19.3 Å². The lowest BCUT2D eigenvalue weighted by molar-refractivity contribution is -0.128. The highest BCUT2D eigenvalue weighted by Crippen LogP contribution is 2.25. The van der Waals surface area contributed by atoms with Crippen LogP contribution in [0.2, 0.25) is 0 Å². The molecule has 0 aromatic carbocycles. The highest BCUT2D eigenvalue weighted by Gasteiger charge is 2.19. The Bertz CT molecular complexity index is 238. The number of rotatable bonds is 6. The number of hydrogen-bond donors (Lipinski definition) is 2. The van der Waals surface area contributed by atoms with Crippen LogP contribution in [0.4, 0.5) is 0 Å². The SMILES string of the molecule is CC(C)(CCN)CCC(=O)NN1CCOCC1. The van der Waals surface area contributed by atoms with E-state index in [0.29, 0.717) is 26.2 Å². The monoisotopic (exact) mass is 243 g/mol. The van der Waals surface area contributed by atoms with E-state index in [1.165, 1.54) is 0 Å². The number of nitrogens with two attached hydrogens (primary N) is 1. The van der Waals surface area contributed by atoms with Crippen molar-refractivity contribution in [2.75, 3.05) is 32.8 Å². The van der Waals surface area contributed by atoms with Crippen LogP contribution in [0.1, 0.15) is 33.1 Å². The van der Waals surface area contributed by atoms with Gasteiger partial charge in [0.2, 0.25) is 5.91 Å². The lowest BCUT2D eigenvalue weighted by atomic mass is 9.84. The van der Waals surface area contributed by atoms with Crippen LogP contribution in [0.15, 0.2) is 0 Å². The number of carbonyl (C=O) groups is 1. The second-order valence-electron chi connectivity index (χ2n) is 5.34. The molecular formula is C12H25N3O2. The molecule has 1 fully saturated rings. The summed E-state index contributed by atoms with van der Waals surface area (Å²) >= 11 is 0. The third-order valence-corrected chi connectivity index (χ3v) is 3.14. The van der Waals surface area contributed by atoms with Crippen molar-refractivity contribution >= 4 is 5.91 Å². The van der Waals surface area contributed by atoms with Gasteiger partial charge in [-0.2, -0.15) is 0 Å². The van der Waals surface area contributed by atoms with E-state index in [1.54, 1.807) is 0 Å². The zero-order chi connectivity index (χ0) is 12.7. The van der Waals surface area contributed by atoms with Crippen LogP contribution in [-0.4, -0.2) is 43.8 Å². The largest absolute Gasteiger partial charge is 0.379 e. The molecule has 0 aromatic rings. The van der Waals surface area contributed by atoms with Crippen LogP contribution in [0.25, 0.3) is 0 Å². The zero-order valence-electron chi connectivity index (χ0n) is 11.0. The van der Waals surface area contributed by atoms with E-state index in [9.17, 15) is 4.79 Å². The third kappa shape index (κ3) is 6.00. The second-order valence-corrected chi connectivity index (χ2v) is 5.34. The fourth-order valence-electron chi connectivity index (χ4n) is 1.88. The molecule has 0 unspecified atom stereocenters. The maximum absolute atomic E-state index is 11.7. The first-order valence-corrected chi connectivity index (χ1v) is 6.36. The molecular weight excluding hydrogens is 218 g/mol. The Morgan fingerprint density at radius 3 is 2.59 bits per heavy atom. The standard InChI is InChI=1S/C12H25N3O2/c1-12(2,5-6-13)4-3-11(16)14-15-7-9-17-10-8-15/h3-10,13H2,1-2H3,(H,14,16). The van der Waals surface area contributed by atoms with Crippen molar-refractivity contribution in [1.82, 2.24) is 10.4 Å². The molecule has 5 nitrogen and oxygen atoms in total.